The molecule has 1 aromatic heterocycles. The summed E-state index contributed by atoms with van der Waals surface area (Å²) in [5.41, 5.74) is 1.05. The Hall–Kier alpha value is -3.13. The van der Waals surface area contributed by atoms with Crippen LogP contribution in [0.15, 0.2) is 64.5 Å². The quantitative estimate of drug-likeness (QED) is 0.448. The molecular formula is C19H16FN3O3S. The minimum Gasteiger partial charge on any atom is -0.493 e. The van der Waals surface area contributed by atoms with E-state index in [0.29, 0.717) is 5.69 Å². The summed E-state index contributed by atoms with van der Waals surface area (Å²) in [7, 11) is 0. The molecule has 6 nitrogen and oxygen atoms in total. The topological polar surface area (TPSA) is 95.1 Å². The van der Waals surface area contributed by atoms with Crippen molar-refractivity contribution in [2.45, 2.75) is 11.6 Å². The van der Waals surface area contributed by atoms with Gasteiger partial charge in [0.15, 0.2) is 5.16 Å². The van der Waals surface area contributed by atoms with Crippen LogP contribution >= 0.6 is 11.8 Å². The van der Waals surface area contributed by atoms with Gasteiger partial charge in [0.25, 0.3) is 5.56 Å². The van der Waals surface area contributed by atoms with Crippen LogP contribution in [0.3, 0.4) is 0 Å². The highest BCUT2D eigenvalue weighted by molar-refractivity contribution is 7.99. The molecule has 0 atom stereocenters. The van der Waals surface area contributed by atoms with Gasteiger partial charge in [0.05, 0.1) is 11.3 Å². The van der Waals surface area contributed by atoms with E-state index in [1.54, 1.807) is 0 Å². The number of carbonyl (C=O) groups excluding carboxylic acids is 1. The van der Waals surface area contributed by atoms with Crippen molar-refractivity contribution in [1.29, 1.82) is 0 Å². The smallest absolute Gasteiger partial charge is 0.258 e. The minimum absolute atomic E-state index is 0.0300. The SMILES string of the molecule is O=C(CSc1nc(O)c(Cc2ccccc2)c(=O)[nH]1)Nc1ccc(F)cc1. The lowest BCUT2D eigenvalue weighted by Gasteiger charge is -2.07. The van der Waals surface area contributed by atoms with E-state index in [1.807, 2.05) is 30.3 Å². The number of anilines is 1. The number of aromatic amines is 1. The van der Waals surface area contributed by atoms with Gasteiger partial charge in [-0.15, -0.1) is 0 Å². The van der Waals surface area contributed by atoms with Crippen LogP contribution in [0.4, 0.5) is 10.1 Å². The standard InChI is InChI=1S/C19H16FN3O3S/c20-13-6-8-14(9-7-13)21-16(24)11-27-19-22-17(25)15(18(26)23-19)10-12-4-2-1-3-5-12/h1-9H,10-11H2,(H,21,24)(H2,22,23,25,26). The number of H-pyrrole nitrogens is 1. The first-order valence-corrected chi connectivity index (χ1v) is 9.04. The molecule has 0 unspecified atom stereocenters. The van der Waals surface area contributed by atoms with Crippen molar-refractivity contribution >= 4 is 23.4 Å². The Morgan fingerprint density at radius 3 is 2.52 bits per heavy atom. The number of hydrogen-bond acceptors (Lipinski definition) is 5. The zero-order valence-corrected chi connectivity index (χ0v) is 14.9. The number of benzene rings is 2. The Bertz CT molecular complexity index is 991. The van der Waals surface area contributed by atoms with E-state index in [2.05, 4.69) is 15.3 Å². The van der Waals surface area contributed by atoms with Crippen molar-refractivity contribution in [2.75, 3.05) is 11.1 Å². The summed E-state index contributed by atoms with van der Waals surface area (Å²) in [5, 5.41) is 12.8. The molecule has 0 fully saturated rings. The molecule has 138 valence electrons. The van der Waals surface area contributed by atoms with Gasteiger partial charge >= 0.3 is 0 Å². The van der Waals surface area contributed by atoms with Crippen LogP contribution in [0.5, 0.6) is 5.88 Å². The Labute approximate surface area is 158 Å². The van der Waals surface area contributed by atoms with Gasteiger partial charge in [-0.2, -0.15) is 4.98 Å². The molecule has 0 aliphatic rings. The normalized spacial score (nSPS) is 10.6. The van der Waals surface area contributed by atoms with Crippen LogP contribution in [-0.4, -0.2) is 26.7 Å². The molecule has 3 N–H and O–H groups in total. The number of nitrogens with one attached hydrogen (secondary N) is 2. The van der Waals surface area contributed by atoms with Gasteiger partial charge in [0.1, 0.15) is 5.82 Å². The molecule has 8 heteroatoms. The fraction of sp³-hybridized carbons (Fsp3) is 0.105. The Morgan fingerprint density at radius 1 is 1.15 bits per heavy atom. The van der Waals surface area contributed by atoms with Crippen molar-refractivity contribution in [1.82, 2.24) is 9.97 Å². The van der Waals surface area contributed by atoms with Crippen molar-refractivity contribution in [2.24, 2.45) is 0 Å². The summed E-state index contributed by atoms with van der Waals surface area (Å²) >= 11 is 0.981. The van der Waals surface area contributed by atoms with Crippen molar-refractivity contribution in [3.05, 3.63) is 81.9 Å². The first kappa shape index (κ1) is 18.7. The fourth-order valence-corrected chi connectivity index (χ4v) is 3.01. The summed E-state index contributed by atoms with van der Waals surface area (Å²) < 4.78 is 12.9. The zero-order chi connectivity index (χ0) is 19.2. The largest absolute Gasteiger partial charge is 0.493 e. The first-order chi connectivity index (χ1) is 13.0. The number of rotatable bonds is 6. The molecule has 27 heavy (non-hydrogen) atoms. The molecule has 0 radical (unpaired) electrons. The highest BCUT2D eigenvalue weighted by Crippen LogP contribution is 2.19. The molecule has 2 aromatic carbocycles. The van der Waals surface area contributed by atoms with Gasteiger partial charge in [-0.25, -0.2) is 4.39 Å². The van der Waals surface area contributed by atoms with E-state index in [4.69, 9.17) is 0 Å². The molecule has 0 saturated heterocycles. The summed E-state index contributed by atoms with van der Waals surface area (Å²) in [4.78, 5) is 30.7. The summed E-state index contributed by atoms with van der Waals surface area (Å²) in [5.74, 6) is -1.13. The molecule has 3 aromatic rings. The van der Waals surface area contributed by atoms with Crippen LogP contribution in [0.1, 0.15) is 11.1 Å². The van der Waals surface area contributed by atoms with Crippen LogP contribution in [0, 0.1) is 5.82 Å². The van der Waals surface area contributed by atoms with E-state index in [9.17, 15) is 19.1 Å². The minimum atomic E-state index is -0.451. The Kier molecular flexibility index (Phi) is 5.87. The molecule has 3 rings (SSSR count). The number of carbonyl (C=O) groups is 1. The monoisotopic (exact) mass is 385 g/mol. The summed E-state index contributed by atoms with van der Waals surface area (Å²) in [6, 6.07) is 14.6. The lowest BCUT2D eigenvalue weighted by atomic mass is 10.1. The molecule has 1 heterocycles. The second-order valence-electron chi connectivity index (χ2n) is 5.68. The molecule has 0 aliphatic carbocycles. The fourth-order valence-electron chi connectivity index (χ4n) is 2.36. The average molecular weight is 385 g/mol. The van der Waals surface area contributed by atoms with Crippen molar-refractivity contribution in [3.8, 4) is 5.88 Å². The number of amides is 1. The van der Waals surface area contributed by atoms with Crippen LogP contribution in [0.25, 0.3) is 0 Å². The van der Waals surface area contributed by atoms with Gasteiger partial charge in [0, 0.05) is 12.1 Å². The lowest BCUT2D eigenvalue weighted by molar-refractivity contribution is -0.113. The molecule has 0 bridgehead atoms. The van der Waals surface area contributed by atoms with Crippen molar-refractivity contribution < 1.29 is 14.3 Å². The second kappa shape index (κ2) is 8.50. The number of thioether (sulfide) groups is 1. The predicted octanol–water partition coefficient (Wildman–Crippen LogP) is 2.94. The number of aromatic hydroxyl groups is 1. The van der Waals surface area contributed by atoms with E-state index in [1.165, 1.54) is 24.3 Å². The van der Waals surface area contributed by atoms with Crippen molar-refractivity contribution in [3.63, 3.8) is 0 Å². The molecule has 1 amide bonds. The lowest BCUT2D eigenvalue weighted by Crippen LogP contribution is -2.17. The van der Waals surface area contributed by atoms with Gasteiger partial charge in [-0.1, -0.05) is 42.1 Å². The third kappa shape index (κ3) is 5.18. The molecule has 0 saturated carbocycles. The van der Waals surface area contributed by atoms with E-state index in [0.717, 1.165) is 17.3 Å². The predicted molar refractivity (Wildman–Crippen MR) is 102 cm³/mol. The van der Waals surface area contributed by atoms with Gasteiger partial charge in [-0.3, -0.25) is 9.59 Å². The highest BCUT2D eigenvalue weighted by Gasteiger charge is 2.13. The van der Waals surface area contributed by atoms with Crippen LogP contribution < -0.4 is 10.9 Å². The van der Waals surface area contributed by atoms with E-state index < -0.39 is 11.4 Å². The molecular weight excluding hydrogens is 369 g/mol. The molecule has 0 aliphatic heterocycles. The van der Waals surface area contributed by atoms with Gasteiger partial charge < -0.3 is 15.4 Å². The Morgan fingerprint density at radius 2 is 1.85 bits per heavy atom. The highest BCUT2D eigenvalue weighted by atomic mass is 32.2. The van der Waals surface area contributed by atoms with E-state index >= 15 is 0 Å². The Balaban J connectivity index is 1.63. The maximum atomic E-state index is 12.9. The van der Waals surface area contributed by atoms with Crippen LogP contribution in [0.2, 0.25) is 0 Å². The number of aromatic nitrogens is 2. The average Bonchev–Trinajstić information content (AvgIpc) is 2.66. The van der Waals surface area contributed by atoms with Crippen LogP contribution in [-0.2, 0) is 11.2 Å². The zero-order valence-electron chi connectivity index (χ0n) is 14.1. The van der Waals surface area contributed by atoms with Gasteiger partial charge in [0.2, 0.25) is 11.8 Å². The maximum Gasteiger partial charge on any atom is 0.258 e. The number of hydrogen-bond donors (Lipinski definition) is 3. The maximum absolute atomic E-state index is 12.9. The van der Waals surface area contributed by atoms with Gasteiger partial charge in [-0.05, 0) is 29.8 Å². The summed E-state index contributed by atoms with van der Waals surface area (Å²) in [6.07, 6.45) is 0.255. The van der Waals surface area contributed by atoms with E-state index in [-0.39, 0.29) is 34.7 Å². The second-order valence-corrected chi connectivity index (χ2v) is 6.64. The third-order valence-corrected chi connectivity index (χ3v) is 4.54. The number of nitrogens with zero attached hydrogens (tertiary/aromatic N) is 1. The third-order valence-electron chi connectivity index (χ3n) is 3.66. The first-order valence-electron chi connectivity index (χ1n) is 8.05. The summed E-state index contributed by atoms with van der Waals surface area (Å²) in [6.45, 7) is 0. The molecule has 0 spiro atoms. The number of halogens is 1.